The van der Waals surface area contributed by atoms with Gasteiger partial charge in [-0.2, -0.15) is 0 Å². The Balaban J connectivity index is 3.23. The number of carbonyl (C=O) groups excluding carboxylic acids is 2. The third kappa shape index (κ3) is 4.97. The van der Waals surface area contributed by atoms with Gasteiger partial charge in [-0.25, -0.2) is 4.79 Å². The summed E-state index contributed by atoms with van der Waals surface area (Å²) in [6, 6.07) is -1.15. The van der Waals surface area contributed by atoms with E-state index in [9.17, 15) is 24.9 Å². The monoisotopic (exact) mass is 363 g/mol. The van der Waals surface area contributed by atoms with Gasteiger partial charge in [-0.1, -0.05) is 6.08 Å². The van der Waals surface area contributed by atoms with Crippen molar-refractivity contribution in [2.75, 3.05) is 20.3 Å². The molecular formula is C15H25NO9. The van der Waals surface area contributed by atoms with Gasteiger partial charge in [0.1, 0.15) is 18.3 Å². The van der Waals surface area contributed by atoms with Crippen molar-refractivity contribution in [2.45, 2.75) is 49.6 Å². The van der Waals surface area contributed by atoms with Crippen LogP contribution in [0.3, 0.4) is 0 Å². The minimum Gasteiger partial charge on any atom is -0.465 e. The van der Waals surface area contributed by atoms with Gasteiger partial charge in [0, 0.05) is 13.3 Å². The van der Waals surface area contributed by atoms with Crippen LogP contribution >= 0.6 is 0 Å². The van der Waals surface area contributed by atoms with Crippen molar-refractivity contribution in [2.24, 2.45) is 0 Å². The molecule has 10 nitrogen and oxygen atoms in total. The van der Waals surface area contributed by atoms with Gasteiger partial charge in [0.25, 0.3) is 5.79 Å². The van der Waals surface area contributed by atoms with Gasteiger partial charge >= 0.3 is 5.97 Å². The molecule has 0 aromatic carbocycles. The van der Waals surface area contributed by atoms with E-state index in [1.807, 2.05) is 0 Å². The molecule has 0 bridgehead atoms. The van der Waals surface area contributed by atoms with E-state index in [1.165, 1.54) is 13.0 Å². The Bertz CT molecular complexity index is 486. The van der Waals surface area contributed by atoms with Crippen LogP contribution in [0.15, 0.2) is 12.7 Å². The molecule has 0 unspecified atom stereocenters. The summed E-state index contributed by atoms with van der Waals surface area (Å²) in [5, 5.41) is 41.8. The molecule has 1 fully saturated rings. The minimum absolute atomic E-state index is 0.127. The van der Waals surface area contributed by atoms with Crippen molar-refractivity contribution in [1.82, 2.24) is 5.32 Å². The van der Waals surface area contributed by atoms with Crippen molar-refractivity contribution >= 4 is 11.9 Å². The molecular weight excluding hydrogens is 338 g/mol. The smallest absolute Gasteiger partial charge is 0.366 e. The number of esters is 1. The summed E-state index contributed by atoms with van der Waals surface area (Å²) < 4.78 is 15.6. The van der Waals surface area contributed by atoms with Crippen LogP contribution in [0.4, 0.5) is 0 Å². The van der Waals surface area contributed by atoms with Crippen LogP contribution in [0.25, 0.3) is 0 Å². The molecule has 25 heavy (non-hydrogen) atoms. The topological polar surface area (TPSA) is 155 Å². The quantitative estimate of drug-likeness (QED) is 0.231. The molecule has 5 N–H and O–H groups in total. The van der Waals surface area contributed by atoms with Crippen LogP contribution < -0.4 is 5.32 Å². The first-order chi connectivity index (χ1) is 11.7. The Morgan fingerprint density at radius 3 is 2.60 bits per heavy atom. The van der Waals surface area contributed by atoms with Crippen LogP contribution in [0, 0.1) is 0 Å². The Hall–Kier alpha value is -1.56. The van der Waals surface area contributed by atoms with Gasteiger partial charge in [-0.05, 0) is 0 Å². The highest BCUT2D eigenvalue weighted by molar-refractivity contribution is 5.78. The number of hydrogen-bond acceptors (Lipinski definition) is 9. The second-order valence-corrected chi connectivity index (χ2v) is 5.66. The predicted octanol–water partition coefficient (Wildman–Crippen LogP) is -2.57. The predicted molar refractivity (Wildman–Crippen MR) is 83.1 cm³/mol. The average Bonchev–Trinajstić information content (AvgIpc) is 2.59. The van der Waals surface area contributed by atoms with Crippen LogP contribution in [0.1, 0.15) is 13.3 Å². The standard InChI is InChI=1S/C15H25NO9/c1-4-5-24-15(14(22)23-3)6-9(19)11(16-8(2)18)13(25-15)12(21)10(20)7-17/h4,9-13,17,19-21H,1,5-7H2,2-3H3,(H,16,18)/t9-,10+,11+,12+,13+,15+/m0/s1. The molecule has 0 saturated carbocycles. The number of rotatable bonds is 8. The number of aliphatic hydroxyl groups excluding tert-OH is 4. The first-order valence-corrected chi connectivity index (χ1v) is 7.65. The molecule has 0 aromatic heterocycles. The highest BCUT2D eigenvalue weighted by Crippen LogP contribution is 2.34. The molecule has 1 saturated heterocycles. The van der Waals surface area contributed by atoms with Gasteiger partial charge in [0.15, 0.2) is 0 Å². The highest BCUT2D eigenvalue weighted by Gasteiger charge is 2.56. The summed E-state index contributed by atoms with van der Waals surface area (Å²) >= 11 is 0. The second-order valence-electron chi connectivity index (χ2n) is 5.66. The van der Waals surface area contributed by atoms with Gasteiger partial charge in [-0.15, -0.1) is 6.58 Å². The molecule has 0 spiro atoms. The lowest BCUT2D eigenvalue weighted by Gasteiger charge is -2.46. The molecule has 6 atom stereocenters. The third-order valence-corrected chi connectivity index (χ3v) is 3.79. The fourth-order valence-corrected chi connectivity index (χ4v) is 2.62. The summed E-state index contributed by atoms with van der Waals surface area (Å²) in [6.45, 7) is 3.72. The molecule has 1 aliphatic heterocycles. The Labute approximate surface area is 145 Å². The van der Waals surface area contributed by atoms with Crippen molar-refractivity contribution in [3.63, 3.8) is 0 Å². The molecule has 1 heterocycles. The zero-order valence-electron chi connectivity index (χ0n) is 14.1. The molecule has 0 aliphatic carbocycles. The number of aliphatic hydroxyl groups is 4. The maximum atomic E-state index is 12.2. The first-order valence-electron chi connectivity index (χ1n) is 7.65. The van der Waals surface area contributed by atoms with E-state index in [-0.39, 0.29) is 6.61 Å². The number of amides is 1. The van der Waals surface area contributed by atoms with Crippen molar-refractivity contribution in [3.8, 4) is 0 Å². The number of ether oxygens (including phenoxy) is 3. The van der Waals surface area contributed by atoms with Crippen molar-refractivity contribution in [1.29, 1.82) is 0 Å². The zero-order chi connectivity index (χ0) is 19.2. The van der Waals surface area contributed by atoms with E-state index >= 15 is 0 Å². The summed E-state index contributed by atoms with van der Waals surface area (Å²) in [5.74, 6) is -3.57. The Morgan fingerprint density at radius 2 is 2.12 bits per heavy atom. The second kappa shape index (κ2) is 9.22. The normalized spacial score (nSPS) is 31.7. The zero-order valence-corrected chi connectivity index (χ0v) is 14.1. The van der Waals surface area contributed by atoms with Crippen molar-refractivity contribution < 1.29 is 44.2 Å². The molecule has 0 radical (unpaired) electrons. The first kappa shape index (κ1) is 21.5. The molecule has 0 aromatic rings. The maximum absolute atomic E-state index is 12.2. The molecule has 1 amide bonds. The molecule has 10 heteroatoms. The summed E-state index contributed by atoms with van der Waals surface area (Å²) in [6.07, 6.45) is -5.24. The molecule has 144 valence electrons. The van der Waals surface area contributed by atoms with E-state index in [0.717, 1.165) is 7.11 Å². The number of carbonyl (C=O) groups is 2. The number of methoxy groups -OCH3 is 1. The van der Waals surface area contributed by atoms with E-state index in [0.29, 0.717) is 0 Å². The Kier molecular flexibility index (Phi) is 7.93. The maximum Gasteiger partial charge on any atom is 0.366 e. The third-order valence-electron chi connectivity index (χ3n) is 3.79. The van der Waals surface area contributed by atoms with Crippen LogP contribution in [0.2, 0.25) is 0 Å². The van der Waals surface area contributed by atoms with Crippen LogP contribution in [0.5, 0.6) is 0 Å². The van der Waals surface area contributed by atoms with E-state index in [4.69, 9.17) is 14.6 Å². The number of hydrogen-bond donors (Lipinski definition) is 5. The molecule has 1 rings (SSSR count). The van der Waals surface area contributed by atoms with Crippen LogP contribution in [-0.2, 0) is 23.8 Å². The van der Waals surface area contributed by atoms with E-state index in [1.54, 1.807) is 0 Å². The van der Waals surface area contributed by atoms with E-state index < -0.39 is 61.1 Å². The lowest BCUT2D eigenvalue weighted by atomic mass is 9.88. The highest BCUT2D eigenvalue weighted by atomic mass is 16.7. The summed E-state index contributed by atoms with van der Waals surface area (Å²) in [7, 11) is 1.09. The fourth-order valence-electron chi connectivity index (χ4n) is 2.62. The lowest BCUT2D eigenvalue weighted by Crippen LogP contribution is -2.68. The van der Waals surface area contributed by atoms with Gasteiger partial charge in [0.2, 0.25) is 5.91 Å². The van der Waals surface area contributed by atoms with Gasteiger partial charge < -0.3 is 40.0 Å². The fraction of sp³-hybridized carbons (Fsp3) is 0.733. The van der Waals surface area contributed by atoms with Gasteiger partial charge in [-0.3, -0.25) is 4.79 Å². The SMILES string of the molecule is C=CCO[C@]1(C(=O)OC)C[C@H](O)[C@@H](NC(C)=O)[C@H]([C@H](O)[C@H](O)CO)O1. The van der Waals surface area contributed by atoms with Crippen molar-refractivity contribution in [3.05, 3.63) is 12.7 Å². The average molecular weight is 363 g/mol. The summed E-state index contributed by atoms with van der Waals surface area (Å²) in [4.78, 5) is 23.6. The Morgan fingerprint density at radius 1 is 1.48 bits per heavy atom. The lowest BCUT2D eigenvalue weighted by molar-refractivity contribution is -0.309. The van der Waals surface area contributed by atoms with Gasteiger partial charge in [0.05, 0.1) is 32.5 Å². The summed E-state index contributed by atoms with van der Waals surface area (Å²) in [5.41, 5.74) is 0. The number of nitrogens with one attached hydrogen (secondary N) is 1. The van der Waals surface area contributed by atoms with E-state index in [2.05, 4.69) is 16.6 Å². The van der Waals surface area contributed by atoms with Crippen LogP contribution in [-0.4, -0.2) is 88.9 Å². The molecule has 1 aliphatic rings. The minimum atomic E-state index is -2.07. The largest absolute Gasteiger partial charge is 0.465 e.